The summed E-state index contributed by atoms with van der Waals surface area (Å²) < 4.78 is 5.48. The van der Waals surface area contributed by atoms with Crippen LogP contribution in [0.2, 0.25) is 0 Å². The lowest BCUT2D eigenvalue weighted by molar-refractivity contribution is -0.143. The fourth-order valence-electron chi connectivity index (χ4n) is 10.7. The minimum absolute atomic E-state index is 0.0130. The zero-order valence-corrected chi connectivity index (χ0v) is 51.3. The van der Waals surface area contributed by atoms with Gasteiger partial charge in [-0.15, -0.1) is 0 Å². The molecular formula is C70H133NO5. The average molecular weight is 1070 g/mol. The molecule has 1 amide bonds. The smallest absolute Gasteiger partial charge is 0.305 e. The maximum Gasteiger partial charge on any atom is 0.305 e. The van der Waals surface area contributed by atoms with Gasteiger partial charge < -0.3 is 20.3 Å². The van der Waals surface area contributed by atoms with E-state index in [1.54, 1.807) is 0 Å². The topological polar surface area (TPSA) is 95.9 Å². The van der Waals surface area contributed by atoms with Crippen LogP contribution in [0, 0.1) is 0 Å². The number of ether oxygens (including phenoxy) is 1. The van der Waals surface area contributed by atoms with E-state index in [2.05, 4.69) is 55.6 Å². The first-order valence-corrected chi connectivity index (χ1v) is 34.3. The summed E-state index contributed by atoms with van der Waals surface area (Å²) in [4.78, 5) is 24.6. The van der Waals surface area contributed by atoms with Crippen molar-refractivity contribution in [1.82, 2.24) is 5.32 Å². The Bertz CT molecular complexity index is 1230. The molecule has 0 saturated heterocycles. The molecule has 2 unspecified atom stereocenters. The number of amides is 1. The van der Waals surface area contributed by atoms with E-state index in [4.69, 9.17) is 4.74 Å². The molecule has 0 fully saturated rings. The Balaban J connectivity index is 3.46. The van der Waals surface area contributed by atoms with Crippen molar-refractivity contribution in [2.75, 3.05) is 13.2 Å². The lowest BCUT2D eigenvalue weighted by Gasteiger charge is -2.22. The number of nitrogens with one attached hydrogen (secondary N) is 1. The van der Waals surface area contributed by atoms with E-state index in [0.29, 0.717) is 25.9 Å². The molecule has 0 aromatic rings. The second kappa shape index (κ2) is 65.6. The molecule has 448 valence electrons. The SMILES string of the molecule is CCCCCCCC/C=C\CCCCCCCCCCCC(=O)OCCCCC/C=C\C=C/CCCCCCCCCCCCC(=O)NC(CO)C(O)CCCCCCCCCCCCCCCCCCCCCCC. The Kier molecular flexibility index (Phi) is 63.9. The Morgan fingerprint density at radius 2 is 0.658 bits per heavy atom. The summed E-state index contributed by atoms with van der Waals surface area (Å²) in [6.45, 7) is 4.94. The van der Waals surface area contributed by atoms with Crippen molar-refractivity contribution < 1.29 is 24.5 Å². The fourth-order valence-corrected chi connectivity index (χ4v) is 10.7. The highest BCUT2D eigenvalue weighted by molar-refractivity contribution is 5.76. The molecule has 0 aliphatic carbocycles. The van der Waals surface area contributed by atoms with Gasteiger partial charge in [0.15, 0.2) is 0 Å². The summed E-state index contributed by atoms with van der Waals surface area (Å²) in [5.74, 6) is -0.0545. The monoisotopic (exact) mass is 1070 g/mol. The molecule has 0 spiro atoms. The molecule has 2 atom stereocenters. The van der Waals surface area contributed by atoms with Crippen molar-refractivity contribution >= 4 is 11.9 Å². The molecule has 3 N–H and O–H groups in total. The lowest BCUT2D eigenvalue weighted by Crippen LogP contribution is -2.45. The number of rotatable bonds is 64. The van der Waals surface area contributed by atoms with Crippen molar-refractivity contribution in [2.24, 2.45) is 0 Å². The molecule has 0 aliphatic heterocycles. The van der Waals surface area contributed by atoms with Gasteiger partial charge in [-0.3, -0.25) is 9.59 Å². The van der Waals surface area contributed by atoms with Gasteiger partial charge in [0.1, 0.15) is 0 Å². The molecule has 0 bridgehead atoms. The molecule has 0 radical (unpaired) electrons. The molecule has 0 saturated carbocycles. The zero-order valence-electron chi connectivity index (χ0n) is 51.3. The van der Waals surface area contributed by atoms with Gasteiger partial charge in [0.25, 0.3) is 0 Å². The largest absolute Gasteiger partial charge is 0.466 e. The second-order valence-electron chi connectivity index (χ2n) is 23.5. The Hall–Kier alpha value is -1.92. The van der Waals surface area contributed by atoms with Crippen LogP contribution in [-0.2, 0) is 14.3 Å². The van der Waals surface area contributed by atoms with Gasteiger partial charge in [-0.05, 0) is 83.5 Å². The number of aliphatic hydroxyl groups is 2. The normalized spacial score (nSPS) is 12.7. The Labute approximate surface area is 474 Å². The molecular weight excluding hydrogens is 935 g/mol. The zero-order chi connectivity index (χ0) is 55.0. The maximum absolute atomic E-state index is 12.5. The molecule has 0 aromatic carbocycles. The summed E-state index contributed by atoms with van der Waals surface area (Å²) in [6.07, 6.45) is 83.2. The number of esters is 1. The van der Waals surface area contributed by atoms with Crippen molar-refractivity contribution in [1.29, 1.82) is 0 Å². The molecule has 76 heavy (non-hydrogen) atoms. The van der Waals surface area contributed by atoms with Crippen LogP contribution < -0.4 is 5.32 Å². The number of aliphatic hydroxyl groups excluding tert-OH is 2. The number of carbonyl (C=O) groups is 2. The van der Waals surface area contributed by atoms with Crippen LogP contribution in [0.5, 0.6) is 0 Å². The van der Waals surface area contributed by atoms with Gasteiger partial charge >= 0.3 is 5.97 Å². The minimum atomic E-state index is -0.673. The number of carbonyl (C=O) groups excluding carboxylic acids is 2. The van der Waals surface area contributed by atoms with Gasteiger partial charge in [0, 0.05) is 12.8 Å². The minimum Gasteiger partial charge on any atom is -0.466 e. The quantitative estimate of drug-likeness (QED) is 0.0244. The van der Waals surface area contributed by atoms with Crippen LogP contribution in [0.3, 0.4) is 0 Å². The fraction of sp³-hybridized carbons (Fsp3) is 0.886. The predicted molar refractivity (Wildman–Crippen MR) is 333 cm³/mol. The van der Waals surface area contributed by atoms with Gasteiger partial charge in [-0.2, -0.15) is 0 Å². The third kappa shape index (κ3) is 61.3. The van der Waals surface area contributed by atoms with E-state index in [1.807, 2.05) is 0 Å². The van der Waals surface area contributed by atoms with E-state index in [1.165, 1.54) is 270 Å². The van der Waals surface area contributed by atoms with Crippen molar-refractivity contribution in [3.05, 3.63) is 36.5 Å². The highest BCUT2D eigenvalue weighted by atomic mass is 16.5. The summed E-state index contributed by atoms with van der Waals surface area (Å²) in [5, 5.41) is 23.4. The highest BCUT2D eigenvalue weighted by Crippen LogP contribution is 2.18. The first-order chi connectivity index (χ1) is 37.5. The van der Waals surface area contributed by atoms with E-state index in [9.17, 15) is 19.8 Å². The molecule has 0 aromatic heterocycles. The predicted octanol–water partition coefficient (Wildman–Crippen LogP) is 21.9. The number of unbranched alkanes of at least 4 members (excludes halogenated alkanes) is 48. The summed E-state index contributed by atoms with van der Waals surface area (Å²) in [5.41, 5.74) is 0. The standard InChI is InChI=1S/C70H133NO5/c1-3-5-7-9-11-13-15-17-19-21-23-24-27-30-34-38-42-46-50-54-58-62-68(73)67(66-72)71-69(74)63-59-55-51-47-43-39-35-31-28-25-29-33-37-41-45-49-53-57-61-65-76-70(75)64-60-56-52-48-44-40-36-32-26-22-20-18-16-14-12-10-8-6-4-2/h18,20,33,37,41,45,67-68,72-73H,3-17,19,21-32,34-36,38-40,42-44,46-66H2,1-2H3,(H,71,74)/b20-18-,37-33-,45-41-. The molecule has 0 rings (SSSR count). The first-order valence-electron chi connectivity index (χ1n) is 34.3. The second-order valence-corrected chi connectivity index (χ2v) is 23.5. The summed E-state index contributed by atoms with van der Waals surface area (Å²) >= 11 is 0. The maximum atomic E-state index is 12.5. The van der Waals surface area contributed by atoms with Gasteiger partial charge in [-0.1, -0.05) is 314 Å². The van der Waals surface area contributed by atoms with Gasteiger partial charge in [0.2, 0.25) is 5.91 Å². The van der Waals surface area contributed by atoms with Crippen LogP contribution in [0.15, 0.2) is 36.5 Å². The summed E-state index contributed by atoms with van der Waals surface area (Å²) in [6, 6.07) is -0.551. The molecule has 6 heteroatoms. The Morgan fingerprint density at radius 3 is 1.01 bits per heavy atom. The number of hydrogen-bond donors (Lipinski definition) is 3. The Morgan fingerprint density at radius 1 is 0.368 bits per heavy atom. The van der Waals surface area contributed by atoms with E-state index in [0.717, 1.165) is 70.6 Å². The molecule has 6 nitrogen and oxygen atoms in total. The van der Waals surface area contributed by atoms with Crippen LogP contribution in [-0.4, -0.2) is 47.4 Å². The number of allylic oxidation sites excluding steroid dienone is 6. The van der Waals surface area contributed by atoms with E-state index in [-0.39, 0.29) is 18.5 Å². The number of hydrogen-bond acceptors (Lipinski definition) is 5. The average Bonchev–Trinajstić information content (AvgIpc) is 3.42. The van der Waals surface area contributed by atoms with E-state index >= 15 is 0 Å². The van der Waals surface area contributed by atoms with Crippen molar-refractivity contribution in [2.45, 2.75) is 386 Å². The highest BCUT2D eigenvalue weighted by Gasteiger charge is 2.20. The summed E-state index contributed by atoms with van der Waals surface area (Å²) in [7, 11) is 0. The van der Waals surface area contributed by atoms with Gasteiger partial charge in [0.05, 0.1) is 25.4 Å². The lowest BCUT2D eigenvalue weighted by atomic mass is 10.0. The van der Waals surface area contributed by atoms with Crippen LogP contribution >= 0.6 is 0 Å². The van der Waals surface area contributed by atoms with Crippen LogP contribution in [0.4, 0.5) is 0 Å². The van der Waals surface area contributed by atoms with Crippen molar-refractivity contribution in [3.8, 4) is 0 Å². The van der Waals surface area contributed by atoms with E-state index < -0.39 is 12.1 Å². The van der Waals surface area contributed by atoms with Crippen molar-refractivity contribution in [3.63, 3.8) is 0 Å². The molecule has 0 aliphatic rings. The third-order valence-electron chi connectivity index (χ3n) is 15.9. The van der Waals surface area contributed by atoms with Crippen LogP contribution in [0.25, 0.3) is 0 Å². The molecule has 0 heterocycles. The van der Waals surface area contributed by atoms with Gasteiger partial charge in [-0.25, -0.2) is 0 Å². The first kappa shape index (κ1) is 74.1. The third-order valence-corrected chi connectivity index (χ3v) is 15.9. The van der Waals surface area contributed by atoms with Crippen LogP contribution in [0.1, 0.15) is 373 Å².